The second-order valence-electron chi connectivity index (χ2n) is 3.90. The molecule has 0 atom stereocenters. The van der Waals surface area contributed by atoms with E-state index in [4.69, 9.17) is 0 Å². The molecule has 1 aromatic carbocycles. The molecule has 1 heterocycles. The highest BCUT2D eigenvalue weighted by Crippen LogP contribution is 2.21. The highest BCUT2D eigenvalue weighted by atomic mass is 79.9. The Morgan fingerprint density at radius 3 is 2.68 bits per heavy atom. The van der Waals surface area contributed by atoms with Crippen LogP contribution in [-0.4, -0.2) is 13.4 Å². The molecule has 0 aliphatic carbocycles. The van der Waals surface area contributed by atoms with Gasteiger partial charge in [0.25, 0.3) is 10.0 Å². The summed E-state index contributed by atoms with van der Waals surface area (Å²) in [4.78, 5) is 3.70. The van der Waals surface area contributed by atoms with Crippen LogP contribution >= 0.6 is 15.9 Å². The zero-order valence-electron chi connectivity index (χ0n) is 9.89. The van der Waals surface area contributed by atoms with Crippen molar-refractivity contribution in [3.8, 4) is 0 Å². The molecule has 1 N–H and O–H groups in total. The van der Waals surface area contributed by atoms with E-state index in [1.807, 2.05) is 0 Å². The summed E-state index contributed by atoms with van der Waals surface area (Å²) in [6.07, 6.45) is 1.31. The molecule has 1 aromatic heterocycles. The van der Waals surface area contributed by atoms with Crippen LogP contribution < -0.4 is 4.72 Å². The third-order valence-electron chi connectivity index (χ3n) is 2.32. The van der Waals surface area contributed by atoms with Gasteiger partial charge in [0.15, 0.2) is 11.6 Å². The van der Waals surface area contributed by atoms with Gasteiger partial charge in [-0.25, -0.2) is 17.8 Å². The molecule has 0 saturated carbocycles. The predicted octanol–water partition coefficient (Wildman–Crippen LogP) is 3.09. The Kier molecular flexibility index (Phi) is 3.86. The average Bonchev–Trinajstić information content (AvgIpc) is 2.31. The van der Waals surface area contributed by atoms with Gasteiger partial charge in [-0.05, 0) is 42.8 Å². The first kappa shape index (κ1) is 14.0. The number of hydrogen-bond donors (Lipinski definition) is 1. The predicted molar refractivity (Wildman–Crippen MR) is 73.9 cm³/mol. The van der Waals surface area contributed by atoms with Crippen LogP contribution in [0.15, 0.2) is 45.9 Å². The molecule has 0 spiro atoms. The van der Waals surface area contributed by atoms with Crippen LogP contribution in [0.5, 0.6) is 0 Å². The molecule has 0 saturated heterocycles. The highest BCUT2D eigenvalue weighted by Gasteiger charge is 2.17. The van der Waals surface area contributed by atoms with Crippen LogP contribution in [0.2, 0.25) is 0 Å². The molecular formula is C12H10BrFN2O2S. The summed E-state index contributed by atoms with van der Waals surface area (Å²) < 4.78 is 40.4. The number of nitrogens with zero attached hydrogens (tertiary/aromatic N) is 1. The number of nitrogens with one attached hydrogen (secondary N) is 1. The van der Waals surface area contributed by atoms with Gasteiger partial charge in [-0.15, -0.1) is 0 Å². The largest absolute Gasteiger partial charge is 0.263 e. The lowest BCUT2D eigenvalue weighted by Crippen LogP contribution is -2.15. The minimum atomic E-state index is -3.86. The molecule has 0 unspecified atom stereocenters. The summed E-state index contributed by atoms with van der Waals surface area (Å²) in [6, 6.07) is 7.23. The molecule has 0 fully saturated rings. The van der Waals surface area contributed by atoms with Gasteiger partial charge in [0.05, 0.1) is 4.90 Å². The quantitative estimate of drug-likeness (QED) is 0.930. The fraction of sp³-hybridized carbons (Fsp3) is 0.0833. The molecule has 4 nitrogen and oxygen atoms in total. The van der Waals surface area contributed by atoms with Crippen molar-refractivity contribution in [1.29, 1.82) is 0 Å². The van der Waals surface area contributed by atoms with Gasteiger partial charge in [-0.2, -0.15) is 0 Å². The van der Waals surface area contributed by atoms with Gasteiger partial charge >= 0.3 is 0 Å². The Morgan fingerprint density at radius 2 is 2.05 bits per heavy atom. The number of aryl methyl sites for hydroxylation is 1. The van der Waals surface area contributed by atoms with Crippen LogP contribution in [0.4, 0.5) is 10.2 Å². The third kappa shape index (κ3) is 3.30. The van der Waals surface area contributed by atoms with Crippen LogP contribution in [0.25, 0.3) is 0 Å². The SMILES string of the molecule is Cc1cc(Br)cc(S(=O)(=O)Nc2ncccc2F)c1. The molecule has 0 aliphatic rings. The summed E-state index contributed by atoms with van der Waals surface area (Å²) >= 11 is 3.22. The summed E-state index contributed by atoms with van der Waals surface area (Å²) in [5, 5.41) is 0. The van der Waals surface area contributed by atoms with Crippen molar-refractivity contribution in [2.24, 2.45) is 0 Å². The van der Waals surface area contributed by atoms with Crippen molar-refractivity contribution < 1.29 is 12.8 Å². The average molecular weight is 345 g/mol. The van der Waals surface area contributed by atoms with E-state index in [2.05, 4.69) is 25.6 Å². The number of aromatic nitrogens is 1. The molecule has 19 heavy (non-hydrogen) atoms. The van der Waals surface area contributed by atoms with Gasteiger partial charge in [-0.3, -0.25) is 4.72 Å². The fourth-order valence-electron chi connectivity index (χ4n) is 1.50. The van der Waals surface area contributed by atoms with Gasteiger partial charge < -0.3 is 0 Å². The van der Waals surface area contributed by atoms with Crippen LogP contribution in [0.1, 0.15) is 5.56 Å². The van der Waals surface area contributed by atoms with Crippen LogP contribution in [0.3, 0.4) is 0 Å². The normalized spacial score (nSPS) is 11.3. The summed E-state index contributed by atoms with van der Waals surface area (Å²) in [7, 11) is -3.86. The number of hydrogen-bond acceptors (Lipinski definition) is 3. The van der Waals surface area contributed by atoms with Crippen molar-refractivity contribution in [3.63, 3.8) is 0 Å². The van der Waals surface area contributed by atoms with Crippen molar-refractivity contribution in [2.45, 2.75) is 11.8 Å². The second-order valence-corrected chi connectivity index (χ2v) is 6.50. The Morgan fingerprint density at radius 1 is 1.32 bits per heavy atom. The minimum absolute atomic E-state index is 0.0458. The van der Waals surface area contributed by atoms with Crippen LogP contribution in [-0.2, 0) is 10.0 Å². The van der Waals surface area contributed by atoms with E-state index in [1.54, 1.807) is 13.0 Å². The Labute approximate surface area is 118 Å². The number of sulfonamides is 1. The van der Waals surface area contributed by atoms with E-state index >= 15 is 0 Å². The molecule has 0 bridgehead atoms. The van der Waals surface area contributed by atoms with Crippen molar-refractivity contribution >= 4 is 31.8 Å². The van der Waals surface area contributed by atoms with Gasteiger partial charge in [0.2, 0.25) is 0 Å². The van der Waals surface area contributed by atoms with E-state index in [-0.39, 0.29) is 10.7 Å². The molecule has 2 aromatic rings. The topological polar surface area (TPSA) is 59.1 Å². The zero-order valence-corrected chi connectivity index (χ0v) is 12.3. The lowest BCUT2D eigenvalue weighted by molar-refractivity contribution is 0.597. The molecular weight excluding hydrogens is 335 g/mol. The first-order valence-electron chi connectivity index (χ1n) is 5.29. The molecule has 0 radical (unpaired) electrons. The summed E-state index contributed by atoms with van der Waals surface area (Å²) in [6.45, 7) is 1.77. The van der Waals surface area contributed by atoms with E-state index in [0.29, 0.717) is 4.47 Å². The molecule has 7 heteroatoms. The first-order chi connectivity index (χ1) is 8.88. The number of anilines is 1. The fourth-order valence-corrected chi connectivity index (χ4v) is 3.41. The lowest BCUT2D eigenvalue weighted by Gasteiger charge is -2.09. The Hall–Kier alpha value is -1.47. The van der Waals surface area contributed by atoms with E-state index in [9.17, 15) is 12.8 Å². The Bertz CT molecular complexity index is 699. The zero-order chi connectivity index (χ0) is 14.0. The van der Waals surface area contributed by atoms with E-state index < -0.39 is 15.8 Å². The van der Waals surface area contributed by atoms with Crippen molar-refractivity contribution in [3.05, 3.63) is 52.4 Å². The number of benzene rings is 1. The molecule has 2 rings (SSSR count). The summed E-state index contributed by atoms with van der Waals surface area (Å²) in [5.74, 6) is -1.04. The van der Waals surface area contributed by atoms with E-state index in [1.165, 1.54) is 24.4 Å². The smallest absolute Gasteiger partial charge is 0.261 e. The number of halogens is 2. The van der Waals surface area contributed by atoms with Gasteiger partial charge in [0.1, 0.15) is 0 Å². The standard InChI is InChI=1S/C12H10BrFN2O2S/c1-8-5-9(13)7-10(6-8)19(17,18)16-12-11(14)3-2-4-15-12/h2-7H,1H3,(H,15,16). The number of pyridine rings is 1. The van der Waals surface area contributed by atoms with Crippen molar-refractivity contribution in [2.75, 3.05) is 4.72 Å². The minimum Gasteiger partial charge on any atom is -0.261 e. The summed E-state index contributed by atoms with van der Waals surface area (Å²) in [5.41, 5.74) is 0.774. The molecule has 0 amide bonds. The van der Waals surface area contributed by atoms with Crippen LogP contribution in [0, 0.1) is 12.7 Å². The third-order valence-corrected chi connectivity index (χ3v) is 4.09. The van der Waals surface area contributed by atoms with Gasteiger partial charge in [-0.1, -0.05) is 15.9 Å². The molecule has 0 aliphatic heterocycles. The second kappa shape index (κ2) is 5.26. The van der Waals surface area contributed by atoms with Crippen molar-refractivity contribution in [1.82, 2.24) is 4.98 Å². The maximum atomic E-state index is 13.4. The number of rotatable bonds is 3. The molecule has 100 valence electrons. The Balaban J connectivity index is 2.41. The monoisotopic (exact) mass is 344 g/mol. The highest BCUT2D eigenvalue weighted by molar-refractivity contribution is 9.10. The van der Waals surface area contributed by atoms with Gasteiger partial charge in [0, 0.05) is 10.7 Å². The maximum absolute atomic E-state index is 13.4. The lowest BCUT2D eigenvalue weighted by atomic mass is 10.2. The maximum Gasteiger partial charge on any atom is 0.263 e. The first-order valence-corrected chi connectivity index (χ1v) is 7.56. The van der Waals surface area contributed by atoms with E-state index in [0.717, 1.165) is 11.6 Å².